The molecule has 6 nitrogen and oxygen atoms in total. The van der Waals surface area contributed by atoms with E-state index in [1.165, 1.54) is 16.9 Å². The predicted octanol–water partition coefficient (Wildman–Crippen LogP) is 1.89. The fourth-order valence-electron chi connectivity index (χ4n) is 4.12. The van der Waals surface area contributed by atoms with Crippen LogP contribution in [0, 0.1) is 0 Å². The van der Waals surface area contributed by atoms with Gasteiger partial charge in [0.25, 0.3) is 5.91 Å². The van der Waals surface area contributed by atoms with E-state index in [1.807, 2.05) is 0 Å². The molecule has 1 unspecified atom stereocenters. The van der Waals surface area contributed by atoms with Gasteiger partial charge in [-0.25, -0.2) is 0 Å². The van der Waals surface area contributed by atoms with Crippen LogP contribution in [0.1, 0.15) is 37.4 Å². The van der Waals surface area contributed by atoms with E-state index in [1.54, 1.807) is 48.5 Å². The van der Waals surface area contributed by atoms with Gasteiger partial charge >= 0.3 is 0 Å². The molecular weight excluding hydrogens is 428 g/mol. The maximum absolute atomic E-state index is 13.4. The lowest BCUT2D eigenvalue weighted by molar-refractivity contribution is -0.896. The molecule has 3 rings (SSSR count). The zero-order valence-electron chi connectivity index (χ0n) is 18.7. The number of amides is 1. The van der Waals surface area contributed by atoms with Crippen molar-refractivity contribution in [2.24, 2.45) is 0 Å². The summed E-state index contributed by atoms with van der Waals surface area (Å²) in [5, 5.41) is 14.0. The van der Waals surface area contributed by atoms with Crippen molar-refractivity contribution >= 4 is 29.1 Å². The highest BCUT2D eigenvalue weighted by Gasteiger charge is 2.43. The van der Waals surface area contributed by atoms with Crippen molar-refractivity contribution in [3.63, 3.8) is 0 Å². The van der Waals surface area contributed by atoms with E-state index in [0.29, 0.717) is 28.4 Å². The number of hydrogen-bond acceptors (Lipinski definition) is 4. The number of methoxy groups -OCH3 is 1. The van der Waals surface area contributed by atoms with Gasteiger partial charge in [-0.3, -0.25) is 9.59 Å². The van der Waals surface area contributed by atoms with Gasteiger partial charge in [0, 0.05) is 23.6 Å². The summed E-state index contributed by atoms with van der Waals surface area (Å²) in [6.07, 6.45) is 0.737. The smallest absolute Gasteiger partial charge is 0.295 e. The number of carbonyl (C=O) groups excluding carboxylic acids is 2. The van der Waals surface area contributed by atoms with Gasteiger partial charge in [0.2, 0.25) is 5.78 Å². The van der Waals surface area contributed by atoms with Crippen molar-refractivity contribution in [2.75, 3.05) is 33.3 Å². The molecule has 1 fully saturated rings. The van der Waals surface area contributed by atoms with Gasteiger partial charge in [-0.15, -0.1) is 0 Å². The highest BCUT2D eigenvalue weighted by atomic mass is 35.5. The second kappa shape index (κ2) is 10.7. The molecule has 1 amide bonds. The third-order valence-corrected chi connectivity index (χ3v) is 6.23. The van der Waals surface area contributed by atoms with Crippen LogP contribution in [-0.4, -0.2) is 49.9 Å². The highest BCUT2D eigenvalue weighted by Crippen LogP contribution is 2.39. The van der Waals surface area contributed by atoms with Crippen molar-refractivity contribution in [1.82, 2.24) is 4.90 Å². The number of ketones is 1. The summed E-state index contributed by atoms with van der Waals surface area (Å²) in [5.41, 5.74) is 0.977. The van der Waals surface area contributed by atoms with Gasteiger partial charge in [-0.1, -0.05) is 41.6 Å². The van der Waals surface area contributed by atoms with Crippen LogP contribution in [0.4, 0.5) is 0 Å². The number of carbonyl (C=O) groups is 2. The molecule has 1 atom stereocenters. The number of benzene rings is 2. The number of rotatable bonds is 9. The largest absolute Gasteiger partial charge is 0.872 e. The molecular formula is C25H29ClN2O4. The first-order chi connectivity index (χ1) is 15.4. The minimum Gasteiger partial charge on any atom is -0.872 e. The summed E-state index contributed by atoms with van der Waals surface area (Å²) in [7, 11) is 1.51. The van der Waals surface area contributed by atoms with Crippen molar-refractivity contribution in [3.8, 4) is 5.75 Å². The first kappa shape index (κ1) is 23.8. The van der Waals surface area contributed by atoms with E-state index in [9.17, 15) is 14.7 Å². The summed E-state index contributed by atoms with van der Waals surface area (Å²) in [6, 6.07) is 12.8. The normalized spacial score (nSPS) is 17.9. The molecule has 0 aliphatic carbocycles. The van der Waals surface area contributed by atoms with Gasteiger partial charge in [-0.2, -0.15) is 0 Å². The fraction of sp³-hybridized carbons (Fsp3) is 0.360. The molecule has 1 heterocycles. The number of likely N-dealkylation sites (tertiary alicyclic amines) is 1. The lowest BCUT2D eigenvalue weighted by atomic mass is 9.95. The van der Waals surface area contributed by atoms with E-state index < -0.39 is 23.5 Å². The first-order valence-electron chi connectivity index (χ1n) is 10.9. The van der Waals surface area contributed by atoms with Gasteiger partial charge < -0.3 is 19.6 Å². The molecule has 7 heteroatoms. The van der Waals surface area contributed by atoms with Crippen molar-refractivity contribution in [2.45, 2.75) is 26.3 Å². The molecule has 1 saturated heterocycles. The fourth-order valence-corrected chi connectivity index (χ4v) is 4.24. The predicted molar refractivity (Wildman–Crippen MR) is 122 cm³/mol. The van der Waals surface area contributed by atoms with Crippen LogP contribution >= 0.6 is 11.6 Å². The van der Waals surface area contributed by atoms with Gasteiger partial charge in [-0.05, 0) is 49.2 Å². The van der Waals surface area contributed by atoms with Crippen LogP contribution in [0.15, 0.2) is 54.1 Å². The average molecular weight is 457 g/mol. The molecule has 170 valence electrons. The van der Waals surface area contributed by atoms with E-state index in [4.69, 9.17) is 16.3 Å². The molecule has 1 aliphatic heterocycles. The molecule has 0 spiro atoms. The summed E-state index contributed by atoms with van der Waals surface area (Å²) in [5.74, 6) is -1.33. The maximum atomic E-state index is 13.4. The Hall–Kier alpha value is -2.83. The number of Topliss-reactive ketones (excluding diaryl/α,β-unsaturated/α-hetero) is 1. The van der Waals surface area contributed by atoms with Crippen LogP contribution in [0.5, 0.6) is 5.75 Å². The molecule has 2 aromatic rings. The minimum absolute atomic E-state index is 0.0271. The number of quaternary nitrogens is 1. The average Bonchev–Trinajstić information content (AvgIpc) is 3.07. The molecule has 1 aliphatic rings. The van der Waals surface area contributed by atoms with E-state index in [2.05, 4.69) is 13.8 Å². The molecule has 0 radical (unpaired) electrons. The molecule has 0 aromatic heterocycles. The lowest BCUT2D eigenvalue weighted by Gasteiger charge is -2.28. The van der Waals surface area contributed by atoms with E-state index in [0.717, 1.165) is 26.1 Å². The first-order valence-corrected chi connectivity index (χ1v) is 11.3. The summed E-state index contributed by atoms with van der Waals surface area (Å²) < 4.78 is 5.22. The summed E-state index contributed by atoms with van der Waals surface area (Å²) in [4.78, 5) is 29.0. The Balaban J connectivity index is 2.03. The van der Waals surface area contributed by atoms with Crippen molar-refractivity contribution in [3.05, 3.63) is 70.3 Å². The van der Waals surface area contributed by atoms with Crippen LogP contribution in [0.25, 0.3) is 5.76 Å². The standard InChI is InChI=1S/C25H29ClN2O4/c1-4-27(5-2)14-7-15-28-22(17-10-12-19(26)13-11-17)21(24(30)25(28)31)23(29)18-8-6-9-20(16-18)32-3/h6,8-13,16,22,29H,4-5,7,14-15H2,1-3H3. The van der Waals surface area contributed by atoms with Crippen molar-refractivity contribution in [1.29, 1.82) is 0 Å². The van der Waals surface area contributed by atoms with Crippen LogP contribution in [0.3, 0.4) is 0 Å². The van der Waals surface area contributed by atoms with Crippen LogP contribution in [-0.2, 0) is 9.59 Å². The number of hydrogen-bond donors (Lipinski definition) is 1. The Labute approximate surface area is 194 Å². The monoisotopic (exact) mass is 456 g/mol. The van der Waals surface area contributed by atoms with Crippen LogP contribution < -0.4 is 14.7 Å². The second-order valence-electron chi connectivity index (χ2n) is 7.82. The van der Waals surface area contributed by atoms with E-state index in [-0.39, 0.29) is 5.57 Å². The maximum Gasteiger partial charge on any atom is 0.295 e. The highest BCUT2D eigenvalue weighted by molar-refractivity contribution is 6.46. The number of halogens is 1. The minimum atomic E-state index is -0.743. The van der Waals surface area contributed by atoms with Crippen molar-refractivity contribution < 1.29 is 24.3 Å². The SMILES string of the molecule is CC[NH+](CC)CCCN1C(=O)C(=O)C(=C([O-])c2cccc(OC)c2)C1c1ccc(Cl)cc1. The number of ether oxygens (including phenoxy) is 1. The zero-order valence-corrected chi connectivity index (χ0v) is 19.4. The Bertz CT molecular complexity index is 999. The number of nitrogens with zero attached hydrogens (tertiary/aromatic N) is 1. The van der Waals surface area contributed by atoms with Gasteiger partial charge in [0.05, 0.1) is 32.8 Å². The molecule has 32 heavy (non-hydrogen) atoms. The zero-order chi connectivity index (χ0) is 23.3. The summed E-state index contributed by atoms with van der Waals surface area (Å²) in [6.45, 7) is 7.52. The Morgan fingerprint density at radius 3 is 2.44 bits per heavy atom. The second-order valence-corrected chi connectivity index (χ2v) is 8.25. The van der Waals surface area contributed by atoms with Gasteiger partial charge in [0.15, 0.2) is 0 Å². The molecule has 1 N–H and O–H groups in total. The topological polar surface area (TPSA) is 74.1 Å². The lowest BCUT2D eigenvalue weighted by Crippen LogP contribution is -3.11. The quantitative estimate of drug-likeness (QED) is 0.355. The van der Waals surface area contributed by atoms with Crippen LogP contribution in [0.2, 0.25) is 5.02 Å². The summed E-state index contributed by atoms with van der Waals surface area (Å²) >= 11 is 6.05. The Morgan fingerprint density at radius 1 is 1.12 bits per heavy atom. The third kappa shape index (κ3) is 4.97. The molecule has 0 saturated carbocycles. The van der Waals surface area contributed by atoms with Gasteiger partial charge in [0.1, 0.15) is 5.75 Å². The Kier molecular flexibility index (Phi) is 7.94. The molecule has 0 bridgehead atoms. The third-order valence-electron chi connectivity index (χ3n) is 5.98. The number of nitrogens with one attached hydrogen (secondary N) is 1. The Morgan fingerprint density at radius 2 is 1.81 bits per heavy atom. The van der Waals surface area contributed by atoms with E-state index >= 15 is 0 Å². The molecule has 2 aromatic carbocycles.